The molecule has 0 aliphatic heterocycles. The molecule has 0 saturated heterocycles. The van der Waals surface area contributed by atoms with Gasteiger partial charge in [0.15, 0.2) is 0 Å². The van der Waals surface area contributed by atoms with Gasteiger partial charge in [0.1, 0.15) is 17.8 Å². The first-order valence-electron chi connectivity index (χ1n) is 7.16. The average Bonchev–Trinajstić information content (AvgIpc) is 2.41. The van der Waals surface area contributed by atoms with Gasteiger partial charge in [0, 0.05) is 18.1 Å². The number of phenolic OH excluding ortho intramolecular Hbond substituents is 1. The maximum absolute atomic E-state index is 10.4. The van der Waals surface area contributed by atoms with Crippen LogP contribution in [0.15, 0.2) is 18.2 Å². The van der Waals surface area contributed by atoms with Gasteiger partial charge in [0.25, 0.3) is 0 Å². The molecule has 1 aromatic carbocycles. The van der Waals surface area contributed by atoms with E-state index in [-0.39, 0.29) is 12.2 Å². The molecule has 0 bridgehead atoms. The van der Waals surface area contributed by atoms with Crippen LogP contribution in [0.2, 0.25) is 0 Å². The molecule has 0 unspecified atom stereocenters. The van der Waals surface area contributed by atoms with Crippen molar-refractivity contribution in [3.05, 3.63) is 23.8 Å². The van der Waals surface area contributed by atoms with E-state index < -0.39 is 0 Å². The Hall–Kier alpha value is -1.51. The quantitative estimate of drug-likeness (QED) is 0.515. The summed E-state index contributed by atoms with van der Waals surface area (Å²) in [6, 6.07) is 5.12. The van der Waals surface area contributed by atoms with Crippen molar-refractivity contribution >= 4 is 6.29 Å². The van der Waals surface area contributed by atoms with Crippen LogP contribution < -0.4 is 4.74 Å². The third kappa shape index (κ3) is 6.27. The number of hydrogen-bond acceptors (Lipinski definition) is 3. The molecule has 1 rings (SSSR count). The van der Waals surface area contributed by atoms with Gasteiger partial charge in [-0.15, -0.1) is 0 Å². The number of phenols is 1. The average molecular weight is 264 g/mol. The van der Waals surface area contributed by atoms with Crippen LogP contribution in [-0.2, 0) is 11.2 Å². The van der Waals surface area contributed by atoms with E-state index in [1.54, 1.807) is 18.2 Å². The van der Waals surface area contributed by atoms with Crippen molar-refractivity contribution in [3.63, 3.8) is 0 Å². The predicted octanol–water partition coefficient (Wildman–Crippen LogP) is 3.87. The summed E-state index contributed by atoms with van der Waals surface area (Å²) in [4.78, 5) is 10.4. The Bertz CT molecular complexity index is 374. The van der Waals surface area contributed by atoms with Gasteiger partial charge < -0.3 is 14.6 Å². The molecule has 0 spiro atoms. The Balaban J connectivity index is 2.22. The lowest BCUT2D eigenvalue weighted by Crippen LogP contribution is -1.98. The highest BCUT2D eigenvalue weighted by atomic mass is 16.5. The number of rotatable bonds is 10. The molecule has 0 atom stereocenters. The molecule has 0 aliphatic rings. The molecule has 0 amide bonds. The number of carbonyl (C=O) groups excluding carboxylic acids is 1. The third-order valence-corrected chi connectivity index (χ3v) is 3.13. The Labute approximate surface area is 115 Å². The lowest BCUT2D eigenvalue weighted by Gasteiger charge is -2.08. The third-order valence-electron chi connectivity index (χ3n) is 3.13. The van der Waals surface area contributed by atoms with Gasteiger partial charge >= 0.3 is 0 Å². The van der Waals surface area contributed by atoms with E-state index in [4.69, 9.17) is 4.74 Å². The number of unbranched alkanes of at least 4 members (excludes halogenated alkanes) is 5. The van der Waals surface area contributed by atoms with Gasteiger partial charge in [-0.3, -0.25) is 0 Å². The fraction of sp³-hybridized carbons (Fsp3) is 0.562. The highest BCUT2D eigenvalue weighted by Gasteiger charge is 2.02. The van der Waals surface area contributed by atoms with Crippen LogP contribution >= 0.6 is 0 Å². The maximum atomic E-state index is 10.4. The zero-order chi connectivity index (χ0) is 13.9. The van der Waals surface area contributed by atoms with Gasteiger partial charge in [-0.1, -0.05) is 45.1 Å². The number of aldehydes is 1. The summed E-state index contributed by atoms with van der Waals surface area (Å²) in [7, 11) is 0. The fourth-order valence-corrected chi connectivity index (χ4v) is 1.97. The Morgan fingerprint density at radius 2 is 1.89 bits per heavy atom. The van der Waals surface area contributed by atoms with Crippen molar-refractivity contribution in [2.75, 3.05) is 6.61 Å². The molecular weight excluding hydrogens is 240 g/mol. The molecule has 106 valence electrons. The van der Waals surface area contributed by atoms with Crippen LogP contribution in [0.4, 0.5) is 0 Å². The first-order valence-corrected chi connectivity index (χ1v) is 7.16. The second-order valence-corrected chi connectivity index (χ2v) is 4.78. The van der Waals surface area contributed by atoms with E-state index in [9.17, 15) is 9.90 Å². The minimum atomic E-state index is 0.132. The van der Waals surface area contributed by atoms with Gasteiger partial charge in [-0.05, 0) is 12.5 Å². The first kappa shape index (κ1) is 15.5. The molecule has 1 N–H and O–H groups in total. The molecule has 3 heteroatoms. The number of aromatic hydroxyl groups is 1. The standard InChI is InChI=1S/C16H24O3/c1-2-3-4-5-6-7-12-19-15-9-8-14(10-11-17)16(18)13-15/h8-9,11,13,18H,2-7,10,12H2,1H3. The van der Waals surface area contributed by atoms with Crippen molar-refractivity contribution in [3.8, 4) is 11.5 Å². The van der Waals surface area contributed by atoms with E-state index in [2.05, 4.69) is 6.92 Å². The zero-order valence-corrected chi connectivity index (χ0v) is 11.7. The second kappa shape index (κ2) is 9.42. The van der Waals surface area contributed by atoms with Crippen LogP contribution in [0.25, 0.3) is 0 Å². The molecule has 0 saturated carbocycles. The highest BCUT2D eigenvalue weighted by Crippen LogP contribution is 2.23. The van der Waals surface area contributed by atoms with Crippen LogP contribution in [0.3, 0.4) is 0 Å². The normalized spacial score (nSPS) is 10.4. The van der Waals surface area contributed by atoms with Crippen molar-refractivity contribution in [1.82, 2.24) is 0 Å². The van der Waals surface area contributed by atoms with Gasteiger partial charge in [0.2, 0.25) is 0 Å². The van der Waals surface area contributed by atoms with Crippen molar-refractivity contribution in [2.24, 2.45) is 0 Å². The van der Waals surface area contributed by atoms with E-state index >= 15 is 0 Å². The van der Waals surface area contributed by atoms with Crippen LogP contribution in [-0.4, -0.2) is 18.0 Å². The summed E-state index contributed by atoms with van der Waals surface area (Å²) < 4.78 is 5.58. The summed E-state index contributed by atoms with van der Waals surface area (Å²) in [6.07, 6.45) is 8.40. The van der Waals surface area contributed by atoms with E-state index in [0.717, 1.165) is 12.7 Å². The number of ether oxygens (including phenoxy) is 1. The Kier molecular flexibility index (Phi) is 7.71. The predicted molar refractivity (Wildman–Crippen MR) is 76.7 cm³/mol. The maximum Gasteiger partial charge on any atom is 0.124 e. The number of carbonyl (C=O) groups is 1. The summed E-state index contributed by atoms with van der Waals surface area (Å²) in [6.45, 7) is 2.89. The van der Waals surface area contributed by atoms with E-state index in [1.807, 2.05) is 0 Å². The Morgan fingerprint density at radius 1 is 1.16 bits per heavy atom. The smallest absolute Gasteiger partial charge is 0.124 e. The van der Waals surface area contributed by atoms with E-state index in [1.165, 1.54) is 32.1 Å². The minimum Gasteiger partial charge on any atom is -0.508 e. The molecule has 0 aliphatic carbocycles. The SMILES string of the molecule is CCCCCCCCOc1ccc(CC=O)c(O)c1. The van der Waals surface area contributed by atoms with Crippen LogP contribution in [0.1, 0.15) is 51.0 Å². The fourth-order valence-electron chi connectivity index (χ4n) is 1.97. The lowest BCUT2D eigenvalue weighted by molar-refractivity contribution is -0.107. The molecule has 0 heterocycles. The van der Waals surface area contributed by atoms with Crippen molar-refractivity contribution in [2.45, 2.75) is 51.9 Å². The number of hydrogen-bond donors (Lipinski definition) is 1. The second-order valence-electron chi connectivity index (χ2n) is 4.78. The zero-order valence-electron chi connectivity index (χ0n) is 11.7. The monoisotopic (exact) mass is 264 g/mol. The molecule has 0 radical (unpaired) electrons. The largest absolute Gasteiger partial charge is 0.508 e. The topological polar surface area (TPSA) is 46.5 Å². The summed E-state index contributed by atoms with van der Waals surface area (Å²) in [5, 5.41) is 9.68. The molecule has 3 nitrogen and oxygen atoms in total. The minimum absolute atomic E-state index is 0.132. The van der Waals surface area contributed by atoms with Gasteiger partial charge in [0.05, 0.1) is 6.61 Å². The van der Waals surface area contributed by atoms with E-state index in [0.29, 0.717) is 17.9 Å². The highest BCUT2D eigenvalue weighted by molar-refractivity contribution is 5.58. The molecule has 1 aromatic rings. The van der Waals surface area contributed by atoms with Crippen LogP contribution in [0, 0.1) is 0 Å². The molecule has 0 fully saturated rings. The van der Waals surface area contributed by atoms with Gasteiger partial charge in [-0.2, -0.15) is 0 Å². The van der Waals surface area contributed by atoms with Crippen molar-refractivity contribution in [1.29, 1.82) is 0 Å². The lowest BCUT2D eigenvalue weighted by atomic mass is 10.1. The van der Waals surface area contributed by atoms with Gasteiger partial charge in [-0.25, -0.2) is 0 Å². The summed E-state index contributed by atoms with van der Waals surface area (Å²) in [5.74, 6) is 0.799. The molecular formula is C16H24O3. The molecule has 0 aromatic heterocycles. The summed E-state index contributed by atoms with van der Waals surface area (Å²) >= 11 is 0. The Morgan fingerprint density at radius 3 is 2.58 bits per heavy atom. The first-order chi connectivity index (χ1) is 9.27. The summed E-state index contributed by atoms with van der Waals surface area (Å²) in [5.41, 5.74) is 0.641. The number of benzene rings is 1. The van der Waals surface area contributed by atoms with Crippen molar-refractivity contribution < 1.29 is 14.6 Å². The van der Waals surface area contributed by atoms with Crippen LogP contribution in [0.5, 0.6) is 11.5 Å². The molecule has 19 heavy (non-hydrogen) atoms.